The third kappa shape index (κ3) is 5.24. The zero-order chi connectivity index (χ0) is 21.6. The molecule has 11 heteroatoms. The number of nitrogens with zero attached hydrogens (tertiary/aromatic N) is 2. The molecule has 0 amide bonds. The van der Waals surface area contributed by atoms with Gasteiger partial charge < -0.3 is 25.1 Å². The minimum atomic E-state index is -3.04. The van der Waals surface area contributed by atoms with Gasteiger partial charge in [-0.1, -0.05) is 38.3 Å². The molecule has 0 spiro atoms. The quantitative estimate of drug-likeness (QED) is 0.509. The van der Waals surface area contributed by atoms with E-state index in [0.29, 0.717) is 12.8 Å². The van der Waals surface area contributed by atoms with E-state index in [1.54, 1.807) is 0 Å². The molecule has 0 unspecified atom stereocenters. The normalized spacial score (nSPS) is 27.1. The Bertz CT molecular complexity index is 723. The Hall–Kier alpha value is -1.33. The number of ether oxygens (including phenoxy) is 3. The molecule has 8 nitrogen and oxygen atoms in total. The lowest BCUT2D eigenvalue weighted by molar-refractivity contribution is -0.212. The van der Waals surface area contributed by atoms with Crippen LogP contribution >= 0.6 is 11.6 Å². The van der Waals surface area contributed by atoms with E-state index in [9.17, 15) is 18.7 Å². The van der Waals surface area contributed by atoms with Crippen LogP contribution < -0.4 is 11.4 Å². The second-order valence-corrected chi connectivity index (χ2v) is 7.38. The third-order valence-corrected chi connectivity index (χ3v) is 5.06. The highest BCUT2D eigenvalue weighted by molar-refractivity contribution is 6.32. The van der Waals surface area contributed by atoms with Crippen molar-refractivity contribution in [3.8, 4) is 0 Å². The van der Waals surface area contributed by atoms with Gasteiger partial charge in [0.05, 0.1) is 11.6 Å². The van der Waals surface area contributed by atoms with Crippen LogP contribution in [0.25, 0.3) is 0 Å². The molecule has 0 saturated carbocycles. The maximum Gasteiger partial charge on any atom is 0.351 e. The van der Waals surface area contributed by atoms with Gasteiger partial charge in [-0.05, 0) is 12.8 Å². The van der Waals surface area contributed by atoms with Crippen molar-refractivity contribution < 1.29 is 28.1 Å². The van der Waals surface area contributed by atoms with Crippen LogP contribution in [0.1, 0.15) is 45.8 Å². The van der Waals surface area contributed by atoms with E-state index >= 15 is 0 Å². The first-order chi connectivity index (χ1) is 13.8. The van der Waals surface area contributed by atoms with Crippen molar-refractivity contribution in [1.29, 1.82) is 0 Å². The molecule has 166 valence electrons. The SMILES string of the molecule is CCCCOC[C@@]1(C(F)F)O[C@@H](n2cc(Cl)c(N)nc2=O)[C@H](O)[C@@H]1OCCCC. The number of aliphatic hydroxyl groups is 1. The van der Waals surface area contributed by atoms with Gasteiger partial charge in [0.25, 0.3) is 6.43 Å². The van der Waals surface area contributed by atoms with Gasteiger partial charge in [-0.15, -0.1) is 0 Å². The summed E-state index contributed by atoms with van der Waals surface area (Å²) in [7, 11) is 0. The number of rotatable bonds is 11. The van der Waals surface area contributed by atoms with Crippen LogP contribution in [0.5, 0.6) is 0 Å². The molecule has 2 rings (SSSR count). The van der Waals surface area contributed by atoms with E-state index in [1.165, 1.54) is 0 Å². The summed E-state index contributed by atoms with van der Waals surface area (Å²) >= 11 is 5.91. The standard InChI is InChI=1S/C18H28ClF2N3O5/c1-3-5-7-27-10-18(16(20)21)13(28-8-6-4-2)12(25)15(29-18)24-9-11(19)14(22)23-17(24)26/h9,12-13,15-16,25H,3-8,10H2,1-2H3,(H2,22,23,26)/t12-,13+,15-,18-/m1/s1. The number of unbranched alkanes of at least 4 members (excludes halogenated alkanes) is 2. The lowest BCUT2D eigenvalue weighted by atomic mass is 9.96. The molecular weight excluding hydrogens is 412 g/mol. The molecular formula is C18H28ClF2N3O5. The molecule has 0 aliphatic carbocycles. The Morgan fingerprint density at radius 1 is 1.38 bits per heavy atom. The van der Waals surface area contributed by atoms with Gasteiger partial charge in [0.15, 0.2) is 11.8 Å². The highest BCUT2D eigenvalue weighted by Gasteiger charge is 2.62. The number of aromatic nitrogens is 2. The average molecular weight is 440 g/mol. The summed E-state index contributed by atoms with van der Waals surface area (Å²) in [5.74, 6) is -0.209. The van der Waals surface area contributed by atoms with E-state index in [1.807, 2.05) is 13.8 Å². The summed E-state index contributed by atoms with van der Waals surface area (Å²) < 4.78 is 45.9. The first kappa shape index (κ1) is 23.9. The van der Waals surface area contributed by atoms with Gasteiger partial charge in [0.1, 0.15) is 18.0 Å². The summed E-state index contributed by atoms with van der Waals surface area (Å²) in [5, 5.41) is 10.7. The fourth-order valence-corrected chi connectivity index (χ4v) is 3.24. The van der Waals surface area contributed by atoms with Crippen molar-refractivity contribution in [2.75, 3.05) is 25.6 Å². The van der Waals surface area contributed by atoms with Crippen LogP contribution in [0, 0.1) is 0 Å². The van der Waals surface area contributed by atoms with E-state index < -0.39 is 42.8 Å². The first-order valence-electron chi connectivity index (χ1n) is 9.66. The van der Waals surface area contributed by atoms with Crippen molar-refractivity contribution in [3.63, 3.8) is 0 Å². The Labute approximate surface area is 172 Å². The second kappa shape index (κ2) is 10.6. The predicted molar refractivity (Wildman–Crippen MR) is 103 cm³/mol. The van der Waals surface area contributed by atoms with Crippen LogP contribution in [-0.4, -0.2) is 58.7 Å². The van der Waals surface area contributed by atoms with E-state index in [4.69, 9.17) is 31.5 Å². The van der Waals surface area contributed by atoms with Gasteiger partial charge in [-0.3, -0.25) is 4.57 Å². The molecule has 1 aromatic heterocycles. The number of aliphatic hydroxyl groups excluding tert-OH is 1. The molecule has 0 aromatic carbocycles. The van der Waals surface area contributed by atoms with Gasteiger partial charge in [0.2, 0.25) is 0 Å². The van der Waals surface area contributed by atoms with Crippen LogP contribution in [0.4, 0.5) is 14.6 Å². The van der Waals surface area contributed by atoms with Gasteiger partial charge in [0, 0.05) is 19.4 Å². The van der Waals surface area contributed by atoms with E-state index in [0.717, 1.165) is 23.6 Å². The van der Waals surface area contributed by atoms with Crippen molar-refractivity contribution in [1.82, 2.24) is 9.55 Å². The van der Waals surface area contributed by atoms with Crippen LogP contribution in [0.15, 0.2) is 11.0 Å². The molecule has 1 saturated heterocycles. The minimum Gasteiger partial charge on any atom is -0.386 e. The molecule has 3 N–H and O–H groups in total. The van der Waals surface area contributed by atoms with Gasteiger partial charge in [-0.2, -0.15) is 4.98 Å². The smallest absolute Gasteiger partial charge is 0.351 e. The van der Waals surface area contributed by atoms with E-state index in [2.05, 4.69) is 4.98 Å². The Morgan fingerprint density at radius 3 is 2.66 bits per heavy atom. The Morgan fingerprint density at radius 2 is 2.03 bits per heavy atom. The number of halogens is 3. The number of hydrogen-bond donors (Lipinski definition) is 2. The van der Waals surface area contributed by atoms with Crippen LogP contribution in [0.3, 0.4) is 0 Å². The topological polar surface area (TPSA) is 109 Å². The zero-order valence-corrected chi connectivity index (χ0v) is 17.3. The molecule has 2 heterocycles. The van der Waals surface area contributed by atoms with Gasteiger partial charge >= 0.3 is 5.69 Å². The largest absolute Gasteiger partial charge is 0.386 e. The van der Waals surface area contributed by atoms with Crippen molar-refractivity contribution in [3.05, 3.63) is 21.7 Å². The summed E-state index contributed by atoms with van der Waals surface area (Å²) in [4.78, 5) is 15.8. The predicted octanol–water partition coefficient (Wildman–Crippen LogP) is 2.37. The first-order valence-corrected chi connectivity index (χ1v) is 10.0. The highest BCUT2D eigenvalue weighted by atomic mass is 35.5. The molecule has 4 atom stereocenters. The van der Waals surface area contributed by atoms with Crippen LogP contribution in [0.2, 0.25) is 5.02 Å². The highest BCUT2D eigenvalue weighted by Crippen LogP contribution is 2.43. The van der Waals surface area contributed by atoms with Crippen molar-refractivity contribution in [2.45, 2.75) is 70.0 Å². The number of hydrogen-bond acceptors (Lipinski definition) is 7. The number of alkyl halides is 2. The second-order valence-electron chi connectivity index (χ2n) is 6.97. The third-order valence-electron chi connectivity index (χ3n) is 4.77. The maximum absolute atomic E-state index is 14.2. The molecule has 1 aromatic rings. The molecule has 1 aliphatic heterocycles. The lowest BCUT2D eigenvalue weighted by Crippen LogP contribution is -2.54. The summed E-state index contributed by atoms with van der Waals surface area (Å²) in [6.45, 7) is 3.77. The Kier molecular flexibility index (Phi) is 8.77. The minimum absolute atomic E-state index is 0.0717. The average Bonchev–Trinajstić information content (AvgIpc) is 2.95. The molecule has 1 aliphatic rings. The molecule has 0 radical (unpaired) electrons. The Balaban J connectivity index is 2.38. The van der Waals surface area contributed by atoms with E-state index in [-0.39, 0.29) is 24.1 Å². The zero-order valence-electron chi connectivity index (χ0n) is 16.5. The van der Waals surface area contributed by atoms with Crippen LogP contribution in [-0.2, 0) is 14.2 Å². The lowest BCUT2D eigenvalue weighted by Gasteiger charge is -2.33. The number of nitrogen functional groups attached to an aromatic ring is 1. The molecule has 0 bridgehead atoms. The van der Waals surface area contributed by atoms with Crippen molar-refractivity contribution in [2.24, 2.45) is 0 Å². The molecule has 29 heavy (non-hydrogen) atoms. The summed E-state index contributed by atoms with van der Waals surface area (Å²) in [5.41, 5.74) is 2.36. The summed E-state index contributed by atoms with van der Waals surface area (Å²) in [6.07, 6.45) is -3.51. The number of nitrogens with two attached hydrogens (primary N) is 1. The fourth-order valence-electron chi connectivity index (χ4n) is 3.09. The number of anilines is 1. The monoisotopic (exact) mass is 439 g/mol. The molecule has 1 fully saturated rings. The van der Waals surface area contributed by atoms with Crippen molar-refractivity contribution >= 4 is 17.4 Å². The summed E-state index contributed by atoms with van der Waals surface area (Å²) in [6, 6.07) is 0. The fraction of sp³-hybridized carbons (Fsp3) is 0.778. The maximum atomic E-state index is 14.2. The van der Waals surface area contributed by atoms with Gasteiger partial charge in [-0.25, -0.2) is 13.6 Å².